The average molecular weight is 527 g/mol. The number of aromatic nitrogens is 3. The first kappa shape index (κ1) is 24.7. The first-order valence-corrected chi connectivity index (χ1v) is 12.6. The lowest BCUT2D eigenvalue weighted by atomic mass is 9.98. The van der Waals surface area contributed by atoms with Crippen LogP contribution in [0.4, 0.5) is 10.1 Å². The lowest BCUT2D eigenvalue weighted by molar-refractivity contribution is -0.143. The summed E-state index contributed by atoms with van der Waals surface area (Å²) in [5, 5.41) is 15.0. The number of nitrogens with zero attached hydrogens (tertiary/aromatic N) is 6. The smallest absolute Gasteiger partial charge is 0.307 e. The number of aliphatic carboxylic acids is 1. The van der Waals surface area contributed by atoms with Crippen LogP contribution in [-0.4, -0.2) is 44.2 Å². The second-order valence-corrected chi connectivity index (χ2v) is 9.46. The third kappa shape index (κ3) is 5.09. The maximum atomic E-state index is 14.7. The minimum absolute atomic E-state index is 0.181. The van der Waals surface area contributed by atoms with E-state index < -0.39 is 11.8 Å². The Morgan fingerprint density at radius 3 is 2.67 bits per heavy atom. The third-order valence-corrected chi connectivity index (χ3v) is 6.86. The molecule has 39 heavy (non-hydrogen) atoms. The fourth-order valence-corrected chi connectivity index (χ4v) is 4.90. The van der Waals surface area contributed by atoms with Gasteiger partial charge in [-0.15, -0.1) is 0 Å². The van der Waals surface area contributed by atoms with Crippen molar-refractivity contribution in [1.29, 1.82) is 0 Å². The lowest BCUT2D eigenvalue weighted by Gasteiger charge is -2.30. The summed E-state index contributed by atoms with van der Waals surface area (Å²) in [6, 6.07) is 17.8. The van der Waals surface area contributed by atoms with Gasteiger partial charge in [0.1, 0.15) is 5.82 Å². The van der Waals surface area contributed by atoms with Gasteiger partial charge >= 0.3 is 5.97 Å². The summed E-state index contributed by atoms with van der Waals surface area (Å²) in [7, 11) is 0. The van der Waals surface area contributed by atoms with Crippen molar-refractivity contribution in [1.82, 2.24) is 25.6 Å². The normalized spacial score (nSPS) is 17.9. The molecular formula is C28H25FN7O3-. The van der Waals surface area contributed by atoms with E-state index in [9.17, 15) is 14.3 Å². The molecule has 1 atom stereocenters. The molecule has 1 unspecified atom stereocenters. The van der Waals surface area contributed by atoms with Crippen LogP contribution in [0.2, 0.25) is 0 Å². The van der Waals surface area contributed by atoms with Crippen LogP contribution in [0.1, 0.15) is 29.9 Å². The van der Waals surface area contributed by atoms with E-state index >= 15 is 0 Å². The minimum atomic E-state index is -0.730. The molecule has 1 fully saturated rings. The quantitative estimate of drug-likeness (QED) is 0.353. The summed E-state index contributed by atoms with van der Waals surface area (Å²) in [5.74, 6) is -0.887. The summed E-state index contributed by atoms with van der Waals surface area (Å²) in [6.07, 6.45) is 4.89. The van der Waals surface area contributed by atoms with Gasteiger partial charge in [0, 0.05) is 36.6 Å². The minimum Gasteiger partial charge on any atom is -0.597 e. The van der Waals surface area contributed by atoms with E-state index in [0.29, 0.717) is 36.0 Å². The van der Waals surface area contributed by atoms with E-state index in [1.54, 1.807) is 42.7 Å². The van der Waals surface area contributed by atoms with Crippen molar-refractivity contribution >= 4 is 23.1 Å². The lowest BCUT2D eigenvalue weighted by Crippen LogP contribution is -2.38. The molecule has 0 spiro atoms. The predicted octanol–water partition coefficient (Wildman–Crippen LogP) is 4.71. The zero-order valence-electron chi connectivity index (χ0n) is 20.9. The molecule has 0 bridgehead atoms. The van der Waals surface area contributed by atoms with Crippen LogP contribution in [0.25, 0.3) is 28.2 Å². The van der Waals surface area contributed by atoms with E-state index in [-0.39, 0.29) is 11.8 Å². The summed E-state index contributed by atoms with van der Waals surface area (Å²) in [5.41, 5.74) is 11.1. The molecule has 6 rings (SSSR count). The average Bonchev–Trinajstić information content (AvgIpc) is 3.62. The van der Waals surface area contributed by atoms with Gasteiger partial charge in [-0.2, -0.15) is 4.98 Å². The molecule has 4 aromatic rings. The molecule has 10 nitrogen and oxygen atoms in total. The van der Waals surface area contributed by atoms with Crippen molar-refractivity contribution in [2.45, 2.75) is 19.4 Å². The van der Waals surface area contributed by atoms with Gasteiger partial charge in [-0.25, -0.2) is 4.39 Å². The number of benzene rings is 2. The number of hydrogen-bond donors (Lipinski definition) is 2. The fourth-order valence-electron chi connectivity index (χ4n) is 4.90. The summed E-state index contributed by atoms with van der Waals surface area (Å²) in [6.45, 7) is 2.12. The number of carboxylic acids is 1. The van der Waals surface area contributed by atoms with Gasteiger partial charge in [-0.3, -0.25) is 19.7 Å². The molecule has 4 heterocycles. The monoisotopic (exact) mass is 526 g/mol. The van der Waals surface area contributed by atoms with Gasteiger partial charge < -0.3 is 20.6 Å². The molecule has 1 saturated heterocycles. The van der Waals surface area contributed by atoms with Crippen LogP contribution in [0.15, 0.2) is 77.6 Å². The fraction of sp³-hybridized carbons (Fsp3) is 0.214. The number of anilines is 1. The summed E-state index contributed by atoms with van der Waals surface area (Å²) >= 11 is 0. The van der Waals surface area contributed by atoms with Crippen molar-refractivity contribution in [3.63, 3.8) is 0 Å². The Morgan fingerprint density at radius 1 is 1.10 bits per heavy atom. The molecule has 2 N–H and O–H groups in total. The van der Waals surface area contributed by atoms with Crippen LogP contribution in [0.3, 0.4) is 0 Å². The second-order valence-electron chi connectivity index (χ2n) is 9.46. The van der Waals surface area contributed by atoms with Gasteiger partial charge in [0.2, 0.25) is 11.7 Å². The molecule has 0 amide bonds. The topological polar surface area (TPSA) is 122 Å². The largest absolute Gasteiger partial charge is 0.597 e. The van der Waals surface area contributed by atoms with Crippen molar-refractivity contribution in [3.8, 4) is 11.4 Å². The van der Waals surface area contributed by atoms with Crippen molar-refractivity contribution < 1.29 is 18.8 Å². The predicted molar refractivity (Wildman–Crippen MR) is 142 cm³/mol. The molecule has 2 aromatic carbocycles. The Bertz CT molecular complexity index is 1510. The highest BCUT2D eigenvalue weighted by Crippen LogP contribution is 2.39. The number of hydrogen-bond acceptors (Lipinski definition) is 8. The van der Waals surface area contributed by atoms with Crippen molar-refractivity contribution in [2.24, 2.45) is 5.92 Å². The second kappa shape index (κ2) is 10.6. The molecule has 198 valence electrons. The number of likely N-dealkylation sites (tertiary alicyclic amines) is 1. The molecule has 2 aliphatic heterocycles. The van der Waals surface area contributed by atoms with E-state index in [0.717, 1.165) is 36.1 Å². The van der Waals surface area contributed by atoms with Crippen molar-refractivity contribution in [2.75, 3.05) is 18.1 Å². The van der Waals surface area contributed by atoms with E-state index in [1.807, 2.05) is 24.3 Å². The number of para-hydroxylation sites is 1. The van der Waals surface area contributed by atoms with Gasteiger partial charge in [0.15, 0.2) is 0 Å². The first-order valence-electron chi connectivity index (χ1n) is 12.6. The molecular weight excluding hydrogens is 501 g/mol. The Balaban J connectivity index is 1.26. The van der Waals surface area contributed by atoms with Crippen molar-refractivity contribution in [3.05, 3.63) is 101 Å². The van der Waals surface area contributed by atoms with E-state index in [4.69, 9.17) is 4.52 Å². The number of nitrogens with one attached hydrogen (secondary N) is 1. The van der Waals surface area contributed by atoms with Crippen LogP contribution in [-0.2, 0) is 11.3 Å². The van der Waals surface area contributed by atoms with Crippen LogP contribution in [0.5, 0.6) is 0 Å². The highest BCUT2D eigenvalue weighted by molar-refractivity contribution is 6.01. The third-order valence-electron chi connectivity index (χ3n) is 6.86. The Morgan fingerprint density at radius 2 is 1.90 bits per heavy atom. The van der Waals surface area contributed by atoms with Gasteiger partial charge in [0.05, 0.1) is 17.3 Å². The summed E-state index contributed by atoms with van der Waals surface area (Å²) in [4.78, 5) is 22.2. The van der Waals surface area contributed by atoms with E-state index in [1.165, 1.54) is 11.1 Å². The number of hydrazine groups is 1. The zero-order chi connectivity index (χ0) is 26.8. The Kier molecular flexibility index (Phi) is 6.74. The molecule has 11 heteroatoms. The van der Waals surface area contributed by atoms with Gasteiger partial charge in [0.25, 0.3) is 0 Å². The molecule has 2 aliphatic rings. The highest BCUT2D eigenvalue weighted by atomic mass is 19.1. The Hall–Kier alpha value is -4.61. The SMILES string of the molecule is O=C(O)C1CCCN(Cc2ccc(-c3noc(C4=C(c5ccncc5)N(c5ccccc5F)N[N-]4)n3)cc2)C1. The molecule has 0 aliphatic carbocycles. The molecule has 2 aromatic heterocycles. The maximum Gasteiger partial charge on any atom is 0.307 e. The van der Waals surface area contributed by atoms with Gasteiger partial charge in [-0.05, 0) is 54.9 Å². The highest BCUT2D eigenvalue weighted by Gasteiger charge is 2.26. The number of pyridine rings is 1. The maximum absolute atomic E-state index is 14.7. The Labute approximate surface area is 223 Å². The first-order chi connectivity index (χ1) is 19.1. The van der Waals surface area contributed by atoms with Gasteiger partial charge in [-0.1, -0.05) is 41.6 Å². The number of carbonyl (C=O) groups is 1. The standard InChI is InChI=1S/C28H26FN7O3/c29-22-5-1-2-6-23(22)36-25(19-11-13-30-14-12-19)24(32-34-36)27-31-26(33-39-27)20-9-7-18(8-10-20)16-35-15-3-4-21(17-35)28(37)38/h1-2,5-14,21H,3-4,15-17H2,(H3,30,31,32,33,34,37,38)/p-1. The molecule has 0 saturated carbocycles. The number of halogens is 1. The number of carboxylic acid groups (broad SMARTS) is 1. The number of piperidine rings is 1. The van der Waals surface area contributed by atoms with Crippen LogP contribution >= 0.6 is 0 Å². The van der Waals surface area contributed by atoms with E-state index in [2.05, 4.69) is 31.0 Å². The van der Waals surface area contributed by atoms with Crippen LogP contribution in [0, 0.1) is 11.7 Å². The zero-order valence-corrected chi connectivity index (χ0v) is 20.9. The molecule has 0 radical (unpaired) electrons. The number of rotatable bonds is 7. The summed E-state index contributed by atoms with van der Waals surface area (Å²) < 4.78 is 20.3. The van der Waals surface area contributed by atoms with Crippen LogP contribution < -0.4 is 10.5 Å².